The molecule has 0 aromatic heterocycles. The number of phenolic OH excluding ortho intramolecular Hbond substituents is 1. The molecule has 0 heterocycles. The molecule has 0 saturated heterocycles. The van der Waals surface area contributed by atoms with Crippen molar-refractivity contribution in [2.45, 2.75) is 4.90 Å². The first-order valence-corrected chi connectivity index (χ1v) is 5.45. The molecule has 76 valence electrons. The normalized spacial score (nSPS) is 11.8. The van der Waals surface area contributed by atoms with Gasteiger partial charge in [0.2, 0.25) is 0 Å². The average Bonchev–Trinajstić information content (AvgIpc) is 2.16. The number of aromatic hydroxyl groups is 1. The molecule has 0 amide bonds. The number of phenols is 1. The molecule has 0 aliphatic carbocycles. The highest BCUT2D eigenvalue weighted by molar-refractivity contribution is 7.85. The molecule has 4 nitrogen and oxygen atoms in total. The van der Waals surface area contributed by atoms with E-state index < -0.39 is 15.0 Å². The second kappa shape index (κ2) is 3.22. The van der Waals surface area contributed by atoms with Crippen molar-refractivity contribution in [3.05, 3.63) is 36.4 Å². The molecule has 0 aliphatic rings. The fourth-order valence-electron chi connectivity index (χ4n) is 1.27. The summed E-state index contributed by atoms with van der Waals surface area (Å²) in [5.74, 6) is -0.322. The van der Waals surface area contributed by atoms with Crippen molar-refractivity contribution >= 4 is 20.9 Å². The van der Waals surface area contributed by atoms with Crippen LogP contribution in [0, 0.1) is 12.1 Å². The van der Waals surface area contributed by atoms with Gasteiger partial charge in [0.1, 0.15) is 10.6 Å². The Kier molecular flexibility index (Phi) is 2.13. The molecule has 0 saturated carbocycles. The molecule has 2 rings (SSSR count). The van der Waals surface area contributed by atoms with Crippen LogP contribution in [-0.2, 0) is 10.1 Å². The van der Waals surface area contributed by atoms with Gasteiger partial charge in [0, 0.05) is 5.39 Å². The maximum atomic E-state index is 10.8. The minimum absolute atomic E-state index is 0.322. The summed E-state index contributed by atoms with van der Waals surface area (Å²) >= 11 is 0. The van der Waals surface area contributed by atoms with Gasteiger partial charge in [-0.1, -0.05) is 12.1 Å². The maximum Gasteiger partial charge on any atom is 0.295 e. The lowest BCUT2D eigenvalue weighted by molar-refractivity contribution is 0.469. The zero-order valence-corrected chi connectivity index (χ0v) is 8.25. The van der Waals surface area contributed by atoms with Gasteiger partial charge in [0.15, 0.2) is 0 Å². The van der Waals surface area contributed by atoms with Crippen LogP contribution in [0.4, 0.5) is 0 Å². The summed E-state index contributed by atoms with van der Waals surface area (Å²) in [6.07, 6.45) is 0. The third kappa shape index (κ3) is 1.79. The highest BCUT2D eigenvalue weighted by atomic mass is 32.2. The Bertz CT molecular complexity index is 616. The van der Waals surface area contributed by atoms with Gasteiger partial charge in [-0.05, 0) is 23.6 Å². The Hall–Kier alpha value is -1.59. The van der Waals surface area contributed by atoms with Crippen LogP contribution in [0.5, 0.6) is 5.75 Å². The van der Waals surface area contributed by atoms with Crippen molar-refractivity contribution in [2.75, 3.05) is 0 Å². The number of fused-ring (bicyclic) bond motifs is 1. The van der Waals surface area contributed by atoms with E-state index in [0.29, 0.717) is 10.8 Å². The van der Waals surface area contributed by atoms with Gasteiger partial charge in [-0.15, -0.1) is 0 Å². The second-order valence-electron chi connectivity index (χ2n) is 2.97. The van der Waals surface area contributed by atoms with Crippen molar-refractivity contribution in [1.82, 2.24) is 0 Å². The summed E-state index contributed by atoms with van der Waals surface area (Å²) in [5, 5.41) is 10.4. The van der Waals surface area contributed by atoms with Gasteiger partial charge < -0.3 is 5.11 Å². The zero-order valence-electron chi connectivity index (χ0n) is 7.43. The van der Waals surface area contributed by atoms with Crippen LogP contribution in [0.15, 0.2) is 29.2 Å². The molecule has 2 aromatic rings. The van der Waals surface area contributed by atoms with Gasteiger partial charge in [0.05, 0.1) is 6.07 Å². The molecule has 15 heavy (non-hydrogen) atoms. The fourth-order valence-corrected chi connectivity index (χ4v) is 1.78. The molecule has 2 aromatic carbocycles. The van der Waals surface area contributed by atoms with Crippen LogP contribution in [0.1, 0.15) is 0 Å². The van der Waals surface area contributed by atoms with Crippen molar-refractivity contribution in [3.63, 3.8) is 0 Å². The SMILES string of the molecule is O=S(=O)(O)c1[c]c(O)c2c[c]ccc2c1. The molecular weight excluding hydrogens is 216 g/mol. The van der Waals surface area contributed by atoms with Crippen LogP contribution >= 0.6 is 0 Å². The van der Waals surface area contributed by atoms with Crippen LogP contribution in [0.3, 0.4) is 0 Å². The molecule has 2 N–H and O–H groups in total. The molecule has 0 unspecified atom stereocenters. The summed E-state index contributed by atoms with van der Waals surface area (Å²) in [4.78, 5) is -0.446. The first-order chi connectivity index (χ1) is 6.98. The maximum absolute atomic E-state index is 10.8. The molecule has 0 fully saturated rings. The predicted molar refractivity (Wildman–Crippen MR) is 53.1 cm³/mol. The van der Waals surface area contributed by atoms with Crippen molar-refractivity contribution < 1.29 is 18.1 Å². The van der Waals surface area contributed by atoms with Crippen molar-refractivity contribution in [3.8, 4) is 5.75 Å². The number of rotatable bonds is 1. The van der Waals surface area contributed by atoms with Crippen molar-refractivity contribution in [2.24, 2.45) is 0 Å². The molecule has 5 heteroatoms. The summed E-state index contributed by atoms with van der Waals surface area (Å²) < 4.78 is 30.5. The van der Waals surface area contributed by atoms with Gasteiger partial charge in [-0.3, -0.25) is 4.55 Å². The Morgan fingerprint density at radius 3 is 2.73 bits per heavy atom. The summed E-state index contributed by atoms with van der Waals surface area (Å²) in [7, 11) is -4.34. The lowest BCUT2D eigenvalue weighted by Crippen LogP contribution is -1.98. The third-order valence-corrected chi connectivity index (χ3v) is 2.73. The minimum atomic E-state index is -4.34. The Morgan fingerprint density at radius 1 is 1.33 bits per heavy atom. The smallest absolute Gasteiger partial charge is 0.295 e. The van der Waals surface area contributed by atoms with Gasteiger partial charge in [0.25, 0.3) is 10.1 Å². The van der Waals surface area contributed by atoms with E-state index in [-0.39, 0.29) is 5.75 Å². The first kappa shape index (κ1) is 9.95. The molecule has 2 radical (unpaired) electrons. The van der Waals surface area contributed by atoms with E-state index in [1.807, 2.05) is 0 Å². The lowest BCUT2D eigenvalue weighted by atomic mass is 10.1. The topological polar surface area (TPSA) is 74.6 Å². The molecule has 0 atom stereocenters. The van der Waals surface area contributed by atoms with E-state index in [0.717, 1.165) is 0 Å². The third-order valence-electron chi connectivity index (χ3n) is 1.96. The van der Waals surface area contributed by atoms with E-state index in [4.69, 9.17) is 4.55 Å². The summed E-state index contributed by atoms with van der Waals surface area (Å²) in [6, 6.07) is 10.8. The zero-order chi connectivity index (χ0) is 11.1. The standard InChI is InChI=1S/C10H6O4S/c11-10-6-8(15(12,13)14)5-7-3-1-2-4-9(7)10/h1,3-5,11H,(H,12,13,14). The van der Waals surface area contributed by atoms with Crippen LogP contribution in [0.25, 0.3) is 10.8 Å². The molecule has 0 bridgehead atoms. The van der Waals surface area contributed by atoms with Gasteiger partial charge in [-0.2, -0.15) is 8.42 Å². The summed E-state index contributed by atoms with van der Waals surface area (Å²) in [6.45, 7) is 0. The monoisotopic (exact) mass is 222 g/mol. The minimum Gasteiger partial charge on any atom is -0.507 e. The molecule has 0 aliphatic heterocycles. The summed E-state index contributed by atoms with van der Waals surface area (Å²) in [5.41, 5.74) is 0. The quantitative estimate of drug-likeness (QED) is 0.715. The van der Waals surface area contributed by atoms with E-state index in [1.54, 1.807) is 12.1 Å². The molecule has 0 spiro atoms. The van der Waals surface area contributed by atoms with Gasteiger partial charge >= 0.3 is 0 Å². The largest absolute Gasteiger partial charge is 0.507 e. The van der Waals surface area contributed by atoms with Crippen LogP contribution < -0.4 is 0 Å². The lowest BCUT2D eigenvalue weighted by Gasteiger charge is -2.02. The Labute approximate surface area is 86.5 Å². The highest BCUT2D eigenvalue weighted by Crippen LogP contribution is 2.27. The van der Waals surface area contributed by atoms with Crippen molar-refractivity contribution in [1.29, 1.82) is 0 Å². The van der Waals surface area contributed by atoms with Crippen LogP contribution in [-0.4, -0.2) is 18.1 Å². The number of benzene rings is 2. The van der Waals surface area contributed by atoms with E-state index in [9.17, 15) is 13.5 Å². The Balaban J connectivity index is 2.85. The second-order valence-corrected chi connectivity index (χ2v) is 4.36. The first-order valence-electron chi connectivity index (χ1n) is 4.01. The number of hydrogen-bond acceptors (Lipinski definition) is 3. The van der Waals surface area contributed by atoms with Crippen LogP contribution in [0.2, 0.25) is 0 Å². The van der Waals surface area contributed by atoms with E-state index in [1.165, 1.54) is 12.1 Å². The Morgan fingerprint density at radius 2 is 2.07 bits per heavy atom. The fraction of sp³-hybridized carbons (Fsp3) is 0. The number of hydrogen-bond donors (Lipinski definition) is 2. The highest BCUT2D eigenvalue weighted by Gasteiger charge is 2.13. The van der Waals surface area contributed by atoms with Gasteiger partial charge in [-0.25, -0.2) is 0 Å². The molecular formula is C10H6O4S. The average molecular weight is 222 g/mol. The van der Waals surface area contributed by atoms with E-state index >= 15 is 0 Å². The van der Waals surface area contributed by atoms with E-state index in [2.05, 4.69) is 12.1 Å². The predicted octanol–water partition coefficient (Wildman–Crippen LogP) is 1.39.